The molecule has 20 heavy (non-hydrogen) atoms. The van der Waals surface area contributed by atoms with Gasteiger partial charge in [-0.05, 0) is 25.7 Å². The zero-order valence-electron chi connectivity index (χ0n) is 11.5. The van der Waals surface area contributed by atoms with E-state index in [-0.39, 0.29) is 12.5 Å². The number of halogens is 3. The molecule has 0 radical (unpaired) electrons. The summed E-state index contributed by atoms with van der Waals surface area (Å²) < 4.78 is 38.9. The van der Waals surface area contributed by atoms with E-state index < -0.39 is 30.0 Å². The number of nitrogens with one attached hydrogen (secondary N) is 1. The second-order valence-electron chi connectivity index (χ2n) is 6.01. The zero-order valence-corrected chi connectivity index (χ0v) is 11.5. The second-order valence-corrected chi connectivity index (χ2v) is 6.01. The molecule has 116 valence electrons. The van der Waals surface area contributed by atoms with E-state index in [9.17, 15) is 23.1 Å². The van der Waals surface area contributed by atoms with Crippen molar-refractivity contribution in [2.24, 2.45) is 11.8 Å². The predicted molar refractivity (Wildman–Crippen MR) is 67.9 cm³/mol. The van der Waals surface area contributed by atoms with Gasteiger partial charge in [0, 0.05) is 5.92 Å². The summed E-state index contributed by atoms with van der Waals surface area (Å²) in [6, 6.07) is -0.382. The van der Waals surface area contributed by atoms with Crippen LogP contribution in [0, 0.1) is 11.8 Å². The monoisotopic (exact) mass is 293 g/mol. The van der Waals surface area contributed by atoms with Gasteiger partial charge in [-0.1, -0.05) is 25.7 Å². The van der Waals surface area contributed by atoms with Crippen LogP contribution >= 0.6 is 0 Å². The van der Waals surface area contributed by atoms with Gasteiger partial charge in [-0.15, -0.1) is 0 Å². The molecule has 3 nitrogen and oxygen atoms in total. The third-order valence-corrected chi connectivity index (χ3v) is 4.58. The van der Waals surface area contributed by atoms with Gasteiger partial charge in [0.1, 0.15) is 0 Å². The van der Waals surface area contributed by atoms with E-state index in [2.05, 4.69) is 5.32 Å². The highest BCUT2D eigenvalue weighted by Crippen LogP contribution is 2.41. The molecule has 0 aliphatic heterocycles. The highest BCUT2D eigenvalue weighted by Gasteiger charge is 2.48. The number of hydrogen-bond donors (Lipinski definition) is 2. The van der Waals surface area contributed by atoms with Crippen molar-refractivity contribution in [3.8, 4) is 0 Å². The molecule has 2 aliphatic carbocycles. The molecular weight excluding hydrogens is 271 g/mol. The van der Waals surface area contributed by atoms with Crippen molar-refractivity contribution in [1.82, 2.24) is 5.32 Å². The van der Waals surface area contributed by atoms with Crippen LogP contribution in [0.3, 0.4) is 0 Å². The number of carbonyl (C=O) groups is 1. The molecule has 0 saturated heterocycles. The molecule has 1 amide bonds. The Balaban J connectivity index is 1.99. The first-order valence-corrected chi connectivity index (χ1v) is 7.44. The standard InChI is InChI=1S/C14H22F3NO2/c15-14(16,17)10-6-2-1-5-9(10)13(20)18-11-7-3-4-8-12(11)19/h9-12,19H,1-8H2,(H,18,20). The third kappa shape index (κ3) is 3.65. The smallest absolute Gasteiger partial charge is 0.391 e. The summed E-state index contributed by atoms with van der Waals surface area (Å²) in [5.74, 6) is -3.05. The Morgan fingerprint density at radius 1 is 1.00 bits per heavy atom. The zero-order chi connectivity index (χ0) is 14.8. The minimum absolute atomic E-state index is 0.0365. The maximum atomic E-state index is 13.0. The molecule has 0 aromatic heterocycles. The Labute approximate surface area is 116 Å². The van der Waals surface area contributed by atoms with E-state index in [1.165, 1.54) is 0 Å². The molecule has 4 unspecified atom stereocenters. The first-order valence-electron chi connectivity index (χ1n) is 7.44. The first-order chi connectivity index (χ1) is 9.39. The lowest BCUT2D eigenvalue weighted by molar-refractivity contribution is -0.198. The molecular formula is C14H22F3NO2. The molecule has 0 aromatic carbocycles. The van der Waals surface area contributed by atoms with Gasteiger partial charge in [0.25, 0.3) is 0 Å². The summed E-state index contributed by atoms with van der Waals surface area (Å²) in [7, 11) is 0. The van der Waals surface area contributed by atoms with Crippen LogP contribution < -0.4 is 5.32 Å². The van der Waals surface area contributed by atoms with Crippen molar-refractivity contribution < 1.29 is 23.1 Å². The van der Waals surface area contributed by atoms with Crippen LogP contribution in [-0.2, 0) is 4.79 Å². The van der Waals surface area contributed by atoms with Crippen molar-refractivity contribution in [2.75, 3.05) is 0 Å². The minimum atomic E-state index is -4.31. The number of aliphatic hydroxyl groups excluding tert-OH is 1. The molecule has 0 aromatic rings. The van der Waals surface area contributed by atoms with Crippen LogP contribution in [0.2, 0.25) is 0 Å². The lowest BCUT2D eigenvalue weighted by Gasteiger charge is -2.35. The fourth-order valence-electron chi connectivity index (χ4n) is 3.41. The van der Waals surface area contributed by atoms with E-state index in [0.717, 1.165) is 12.8 Å². The predicted octanol–water partition coefficient (Wildman–Crippen LogP) is 2.77. The van der Waals surface area contributed by atoms with Gasteiger partial charge < -0.3 is 10.4 Å². The quantitative estimate of drug-likeness (QED) is 0.822. The summed E-state index contributed by atoms with van der Waals surface area (Å²) in [6.07, 6.45) is -0.355. The highest BCUT2D eigenvalue weighted by molar-refractivity contribution is 5.79. The van der Waals surface area contributed by atoms with Gasteiger partial charge in [0.15, 0.2) is 0 Å². The van der Waals surface area contributed by atoms with Crippen molar-refractivity contribution in [3.63, 3.8) is 0 Å². The number of amides is 1. The van der Waals surface area contributed by atoms with Crippen LogP contribution in [0.25, 0.3) is 0 Å². The van der Waals surface area contributed by atoms with E-state index in [0.29, 0.717) is 32.1 Å². The molecule has 2 fully saturated rings. The minimum Gasteiger partial charge on any atom is -0.391 e. The van der Waals surface area contributed by atoms with Gasteiger partial charge in [-0.25, -0.2) is 0 Å². The summed E-state index contributed by atoms with van der Waals surface area (Å²) in [6.45, 7) is 0. The summed E-state index contributed by atoms with van der Waals surface area (Å²) in [5.41, 5.74) is 0. The first kappa shape index (κ1) is 15.6. The van der Waals surface area contributed by atoms with Gasteiger partial charge in [-0.3, -0.25) is 4.79 Å². The Bertz CT molecular complexity index is 346. The maximum Gasteiger partial charge on any atom is 0.392 e. The number of rotatable bonds is 2. The Morgan fingerprint density at radius 2 is 1.60 bits per heavy atom. The van der Waals surface area contributed by atoms with E-state index in [1.807, 2.05) is 0 Å². The molecule has 2 saturated carbocycles. The number of aliphatic hydroxyl groups is 1. The van der Waals surface area contributed by atoms with Crippen LogP contribution in [0.1, 0.15) is 51.4 Å². The topological polar surface area (TPSA) is 49.3 Å². The van der Waals surface area contributed by atoms with Crippen LogP contribution in [0.5, 0.6) is 0 Å². The van der Waals surface area contributed by atoms with Crippen molar-refractivity contribution in [3.05, 3.63) is 0 Å². The molecule has 0 bridgehead atoms. The van der Waals surface area contributed by atoms with Crippen molar-refractivity contribution in [2.45, 2.75) is 69.7 Å². The van der Waals surface area contributed by atoms with Gasteiger partial charge >= 0.3 is 6.18 Å². The second kappa shape index (κ2) is 6.33. The summed E-state index contributed by atoms with van der Waals surface area (Å²) in [4.78, 5) is 12.1. The number of alkyl halides is 3. The normalized spacial score (nSPS) is 35.6. The molecule has 0 heterocycles. The lowest BCUT2D eigenvalue weighted by atomic mass is 9.78. The molecule has 2 N–H and O–H groups in total. The van der Waals surface area contributed by atoms with Crippen LogP contribution in [-0.4, -0.2) is 29.3 Å². The van der Waals surface area contributed by atoms with Crippen molar-refractivity contribution >= 4 is 5.91 Å². The van der Waals surface area contributed by atoms with Gasteiger partial charge in [0.05, 0.1) is 18.1 Å². The largest absolute Gasteiger partial charge is 0.392 e. The number of carbonyl (C=O) groups excluding carboxylic acids is 1. The molecule has 2 rings (SSSR count). The fraction of sp³-hybridized carbons (Fsp3) is 0.929. The molecule has 0 spiro atoms. The number of hydrogen-bond acceptors (Lipinski definition) is 2. The average molecular weight is 293 g/mol. The van der Waals surface area contributed by atoms with Gasteiger partial charge in [-0.2, -0.15) is 13.2 Å². The molecule has 4 atom stereocenters. The van der Waals surface area contributed by atoms with Crippen molar-refractivity contribution in [1.29, 1.82) is 0 Å². The summed E-state index contributed by atoms with van der Waals surface area (Å²) >= 11 is 0. The maximum absolute atomic E-state index is 13.0. The fourth-order valence-corrected chi connectivity index (χ4v) is 3.41. The van der Waals surface area contributed by atoms with E-state index in [4.69, 9.17) is 0 Å². The SMILES string of the molecule is O=C(NC1CCCCC1O)C1CCCCC1C(F)(F)F. The molecule has 6 heteroatoms. The Hall–Kier alpha value is -0.780. The Kier molecular flexibility index (Phi) is 4.94. The Morgan fingerprint density at radius 3 is 2.25 bits per heavy atom. The summed E-state index contributed by atoms with van der Waals surface area (Å²) in [5, 5.41) is 12.5. The lowest BCUT2D eigenvalue weighted by Crippen LogP contribution is -2.50. The van der Waals surface area contributed by atoms with E-state index in [1.54, 1.807) is 0 Å². The third-order valence-electron chi connectivity index (χ3n) is 4.58. The van der Waals surface area contributed by atoms with Gasteiger partial charge in [0.2, 0.25) is 5.91 Å². The average Bonchev–Trinajstić information content (AvgIpc) is 2.40. The highest BCUT2D eigenvalue weighted by atomic mass is 19.4. The van der Waals surface area contributed by atoms with Crippen LogP contribution in [0.15, 0.2) is 0 Å². The van der Waals surface area contributed by atoms with E-state index >= 15 is 0 Å². The van der Waals surface area contributed by atoms with Crippen LogP contribution in [0.4, 0.5) is 13.2 Å². The molecule has 2 aliphatic rings.